The number of methoxy groups -OCH3 is 1. The molecule has 0 aromatic heterocycles. The van der Waals surface area contributed by atoms with Crippen LogP contribution in [0.4, 0.5) is 0 Å². The molecular weight excluding hydrogens is 220 g/mol. The molecule has 0 amide bonds. The summed E-state index contributed by atoms with van der Waals surface area (Å²) in [6.07, 6.45) is 0. The number of aliphatic hydroxyl groups is 1. The SMILES string of the molecule is COC(=O)c1cc(Cl)ccc1OCCO. The number of hydrogen-bond acceptors (Lipinski definition) is 4. The van der Waals surface area contributed by atoms with Crippen molar-refractivity contribution in [2.75, 3.05) is 20.3 Å². The molecule has 0 fully saturated rings. The minimum Gasteiger partial charge on any atom is -0.490 e. The molecule has 0 heterocycles. The van der Waals surface area contributed by atoms with Crippen LogP contribution in [-0.2, 0) is 4.74 Å². The number of carbonyl (C=O) groups is 1. The van der Waals surface area contributed by atoms with Gasteiger partial charge in [-0.1, -0.05) is 11.6 Å². The van der Waals surface area contributed by atoms with Gasteiger partial charge in [-0.05, 0) is 18.2 Å². The third kappa shape index (κ3) is 3.11. The van der Waals surface area contributed by atoms with Gasteiger partial charge in [0.1, 0.15) is 17.9 Å². The summed E-state index contributed by atoms with van der Waals surface area (Å²) in [5.74, 6) is -0.175. The minimum absolute atomic E-state index is 0.117. The summed E-state index contributed by atoms with van der Waals surface area (Å²) in [4.78, 5) is 11.3. The standard InChI is InChI=1S/C10H11ClO4/c1-14-10(13)8-6-7(11)2-3-9(8)15-5-4-12/h2-3,6,12H,4-5H2,1H3. The highest BCUT2D eigenvalue weighted by Gasteiger charge is 2.13. The second-order valence-corrected chi connectivity index (χ2v) is 3.14. The number of ether oxygens (including phenoxy) is 2. The zero-order valence-corrected chi connectivity index (χ0v) is 8.95. The van der Waals surface area contributed by atoms with E-state index in [2.05, 4.69) is 4.74 Å². The molecule has 1 N–H and O–H groups in total. The fraction of sp³-hybridized carbons (Fsp3) is 0.300. The van der Waals surface area contributed by atoms with Crippen molar-refractivity contribution in [3.63, 3.8) is 0 Å². The number of aliphatic hydroxyl groups excluding tert-OH is 1. The number of carbonyl (C=O) groups excluding carboxylic acids is 1. The molecule has 0 aliphatic heterocycles. The largest absolute Gasteiger partial charge is 0.490 e. The summed E-state index contributed by atoms with van der Waals surface area (Å²) in [5, 5.41) is 9.02. The quantitative estimate of drug-likeness (QED) is 0.797. The van der Waals surface area contributed by atoms with Gasteiger partial charge in [0.25, 0.3) is 0 Å². The molecule has 0 saturated heterocycles. The van der Waals surface area contributed by atoms with Gasteiger partial charge in [0.05, 0.1) is 13.7 Å². The van der Waals surface area contributed by atoms with E-state index in [-0.39, 0.29) is 18.8 Å². The molecule has 15 heavy (non-hydrogen) atoms. The monoisotopic (exact) mass is 230 g/mol. The van der Waals surface area contributed by atoms with Crippen LogP contribution in [0, 0.1) is 0 Å². The molecule has 0 spiro atoms. The van der Waals surface area contributed by atoms with Crippen molar-refractivity contribution in [1.29, 1.82) is 0 Å². The first-order valence-corrected chi connectivity index (χ1v) is 4.68. The molecule has 0 radical (unpaired) electrons. The molecular formula is C10H11ClO4. The zero-order chi connectivity index (χ0) is 11.3. The Labute approximate surface area is 92.4 Å². The summed E-state index contributed by atoms with van der Waals surface area (Å²) in [5.41, 5.74) is 0.249. The third-order valence-electron chi connectivity index (χ3n) is 1.70. The molecule has 82 valence electrons. The predicted molar refractivity (Wildman–Crippen MR) is 55.4 cm³/mol. The molecule has 0 aliphatic carbocycles. The van der Waals surface area contributed by atoms with Crippen LogP contribution in [-0.4, -0.2) is 31.4 Å². The second-order valence-electron chi connectivity index (χ2n) is 2.70. The van der Waals surface area contributed by atoms with E-state index in [9.17, 15) is 4.79 Å². The van der Waals surface area contributed by atoms with Crippen LogP contribution < -0.4 is 4.74 Å². The van der Waals surface area contributed by atoms with E-state index in [1.54, 1.807) is 12.1 Å². The first kappa shape index (κ1) is 11.8. The number of rotatable bonds is 4. The Morgan fingerprint density at radius 2 is 2.27 bits per heavy atom. The van der Waals surface area contributed by atoms with E-state index in [1.165, 1.54) is 13.2 Å². The Balaban J connectivity index is 2.97. The zero-order valence-electron chi connectivity index (χ0n) is 8.20. The molecule has 4 nitrogen and oxygen atoms in total. The maximum atomic E-state index is 11.3. The molecule has 0 saturated carbocycles. The van der Waals surface area contributed by atoms with Crippen LogP contribution in [0.25, 0.3) is 0 Å². The lowest BCUT2D eigenvalue weighted by molar-refractivity contribution is 0.0594. The first-order valence-electron chi connectivity index (χ1n) is 4.30. The van der Waals surface area contributed by atoms with E-state index >= 15 is 0 Å². The smallest absolute Gasteiger partial charge is 0.341 e. The van der Waals surface area contributed by atoms with E-state index in [4.69, 9.17) is 21.4 Å². The predicted octanol–water partition coefficient (Wildman–Crippen LogP) is 1.50. The van der Waals surface area contributed by atoms with Crippen molar-refractivity contribution in [3.8, 4) is 5.75 Å². The normalized spacial score (nSPS) is 9.80. The fourth-order valence-electron chi connectivity index (χ4n) is 1.05. The fourth-order valence-corrected chi connectivity index (χ4v) is 1.23. The van der Waals surface area contributed by atoms with Gasteiger partial charge in [-0.2, -0.15) is 0 Å². The van der Waals surface area contributed by atoms with Gasteiger partial charge in [0.15, 0.2) is 0 Å². The number of benzene rings is 1. The van der Waals surface area contributed by atoms with Crippen LogP contribution in [0.5, 0.6) is 5.75 Å². The van der Waals surface area contributed by atoms with Gasteiger partial charge in [-0.15, -0.1) is 0 Å². The van der Waals surface area contributed by atoms with Gasteiger partial charge >= 0.3 is 5.97 Å². The van der Waals surface area contributed by atoms with Crippen molar-refractivity contribution < 1.29 is 19.4 Å². The lowest BCUT2D eigenvalue weighted by Crippen LogP contribution is -2.08. The van der Waals surface area contributed by atoms with Crippen molar-refractivity contribution in [2.24, 2.45) is 0 Å². The van der Waals surface area contributed by atoms with Gasteiger partial charge in [0, 0.05) is 5.02 Å². The average molecular weight is 231 g/mol. The Bertz CT molecular complexity index is 351. The Morgan fingerprint density at radius 3 is 2.87 bits per heavy atom. The Hall–Kier alpha value is -1.26. The Morgan fingerprint density at radius 1 is 1.53 bits per heavy atom. The van der Waals surface area contributed by atoms with Gasteiger partial charge in [-0.25, -0.2) is 4.79 Å². The topological polar surface area (TPSA) is 55.8 Å². The molecule has 5 heteroatoms. The molecule has 1 rings (SSSR count). The van der Waals surface area contributed by atoms with E-state index < -0.39 is 5.97 Å². The van der Waals surface area contributed by atoms with Crippen LogP contribution in [0.15, 0.2) is 18.2 Å². The highest BCUT2D eigenvalue weighted by atomic mass is 35.5. The Kier molecular flexibility index (Phi) is 4.39. The molecule has 0 bridgehead atoms. The summed E-state index contributed by atoms with van der Waals surface area (Å²) in [6.45, 7) is -0.00509. The summed E-state index contributed by atoms with van der Waals surface area (Å²) >= 11 is 5.74. The van der Waals surface area contributed by atoms with Gasteiger partial charge in [-0.3, -0.25) is 0 Å². The van der Waals surface area contributed by atoms with Gasteiger partial charge in [0.2, 0.25) is 0 Å². The minimum atomic E-state index is -0.523. The van der Waals surface area contributed by atoms with E-state index in [0.29, 0.717) is 10.8 Å². The molecule has 0 unspecified atom stereocenters. The van der Waals surface area contributed by atoms with Crippen LogP contribution in [0.2, 0.25) is 5.02 Å². The van der Waals surface area contributed by atoms with E-state index in [0.717, 1.165) is 0 Å². The summed E-state index contributed by atoms with van der Waals surface area (Å²) in [6, 6.07) is 4.62. The van der Waals surface area contributed by atoms with E-state index in [1.807, 2.05) is 0 Å². The maximum Gasteiger partial charge on any atom is 0.341 e. The van der Waals surface area contributed by atoms with Crippen molar-refractivity contribution in [3.05, 3.63) is 28.8 Å². The molecule has 0 aliphatic rings. The van der Waals surface area contributed by atoms with Crippen LogP contribution >= 0.6 is 11.6 Å². The highest BCUT2D eigenvalue weighted by molar-refractivity contribution is 6.31. The summed E-state index contributed by atoms with van der Waals surface area (Å²) < 4.78 is 9.73. The molecule has 1 aromatic rings. The highest BCUT2D eigenvalue weighted by Crippen LogP contribution is 2.23. The van der Waals surface area contributed by atoms with Crippen molar-refractivity contribution >= 4 is 17.6 Å². The second kappa shape index (κ2) is 5.58. The van der Waals surface area contributed by atoms with Crippen LogP contribution in [0.1, 0.15) is 10.4 Å². The number of halogens is 1. The average Bonchev–Trinajstić information content (AvgIpc) is 2.26. The maximum absolute atomic E-state index is 11.3. The number of hydrogen-bond donors (Lipinski definition) is 1. The lowest BCUT2D eigenvalue weighted by atomic mass is 10.2. The van der Waals surface area contributed by atoms with Crippen molar-refractivity contribution in [1.82, 2.24) is 0 Å². The third-order valence-corrected chi connectivity index (χ3v) is 1.93. The molecule has 0 atom stereocenters. The first-order chi connectivity index (χ1) is 7.19. The van der Waals surface area contributed by atoms with Crippen molar-refractivity contribution in [2.45, 2.75) is 0 Å². The number of esters is 1. The lowest BCUT2D eigenvalue weighted by Gasteiger charge is -2.09. The van der Waals surface area contributed by atoms with Crippen LogP contribution in [0.3, 0.4) is 0 Å². The van der Waals surface area contributed by atoms with Gasteiger partial charge < -0.3 is 14.6 Å². The summed E-state index contributed by atoms with van der Waals surface area (Å²) in [7, 11) is 1.28. The molecule has 1 aromatic carbocycles.